The van der Waals surface area contributed by atoms with Crippen LogP contribution in [0.3, 0.4) is 0 Å². The van der Waals surface area contributed by atoms with E-state index in [4.69, 9.17) is 9.47 Å². The number of rotatable bonds is 9. The van der Waals surface area contributed by atoms with E-state index in [0.29, 0.717) is 5.92 Å². The average Bonchev–Trinajstić information content (AvgIpc) is 2.65. The molecular weight excluding hydrogens is 312 g/mol. The lowest BCUT2D eigenvalue weighted by Crippen LogP contribution is -2.32. The van der Waals surface area contributed by atoms with Crippen LogP contribution in [-0.2, 0) is 0 Å². The summed E-state index contributed by atoms with van der Waals surface area (Å²) in [5.74, 6) is 2.01. The molecule has 0 saturated heterocycles. The molecule has 4 heteroatoms. The molecule has 1 N–H and O–H groups in total. The SMILES string of the molecule is COc1ccc(C(CNCC(C)c2ccccc2)N(C)C)cc1OC. The molecule has 0 radical (unpaired) electrons. The third kappa shape index (κ3) is 5.21. The Bertz CT molecular complexity index is 644. The maximum atomic E-state index is 5.44. The van der Waals surface area contributed by atoms with Gasteiger partial charge in [0.2, 0.25) is 0 Å². The van der Waals surface area contributed by atoms with Crippen molar-refractivity contribution < 1.29 is 9.47 Å². The minimum absolute atomic E-state index is 0.266. The number of hydrogen-bond donors (Lipinski definition) is 1. The fourth-order valence-electron chi connectivity index (χ4n) is 2.99. The summed E-state index contributed by atoms with van der Waals surface area (Å²) in [7, 11) is 7.53. The van der Waals surface area contributed by atoms with Gasteiger partial charge < -0.3 is 19.7 Å². The average molecular weight is 342 g/mol. The largest absolute Gasteiger partial charge is 0.493 e. The van der Waals surface area contributed by atoms with Crippen molar-refractivity contribution in [2.45, 2.75) is 18.9 Å². The van der Waals surface area contributed by atoms with Crippen molar-refractivity contribution in [2.75, 3.05) is 41.4 Å². The van der Waals surface area contributed by atoms with E-state index in [-0.39, 0.29) is 6.04 Å². The zero-order valence-corrected chi connectivity index (χ0v) is 16.0. The molecule has 0 aliphatic carbocycles. The predicted molar refractivity (Wildman–Crippen MR) is 104 cm³/mol. The molecular formula is C21H30N2O2. The van der Waals surface area contributed by atoms with Gasteiger partial charge in [-0.1, -0.05) is 43.3 Å². The van der Waals surface area contributed by atoms with Crippen molar-refractivity contribution in [1.82, 2.24) is 10.2 Å². The molecule has 0 fully saturated rings. The summed E-state index contributed by atoms with van der Waals surface area (Å²) in [5, 5.41) is 3.62. The highest BCUT2D eigenvalue weighted by Crippen LogP contribution is 2.31. The summed E-state index contributed by atoms with van der Waals surface area (Å²) in [6.07, 6.45) is 0. The third-order valence-corrected chi connectivity index (χ3v) is 4.57. The van der Waals surface area contributed by atoms with Gasteiger partial charge in [-0.05, 0) is 43.3 Å². The first-order valence-electron chi connectivity index (χ1n) is 8.70. The summed E-state index contributed by atoms with van der Waals surface area (Å²) in [5.41, 5.74) is 2.57. The van der Waals surface area contributed by atoms with E-state index in [1.807, 2.05) is 6.07 Å². The van der Waals surface area contributed by atoms with Crippen molar-refractivity contribution in [1.29, 1.82) is 0 Å². The van der Waals surface area contributed by atoms with Gasteiger partial charge in [0, 0.05) is 19.1 Å². The first-order valence-corrected chi connectivity index (χ1v) is 8.70. The zero-order chi connectivity index (χ0) is 18.2. The van der Waals surface area contributed by atoms with Gasteiger partial charge >= 0.3 is 0 Å². The lowest BCUT2D eigenvalue weighted by atomic mass is 10.0. The highest BCUT2D eigenvalue weighted by atomic mass is 16.5. The van der Waals surface area contributed by atoms with E-state index in [1.54, 1.807) is 14.2 Å². The third-order valence-electron chi connectivity index (χ3n) is 4.57. The molecule has 0 aromatic heterocycles. The second kappa shape index (κ2) is 9.44. The smallest absolute Gasteiger partial charge is 0.161 e. The molecule has 0 heterocycles. The number of methoxy groups -OCH3 is 2. The van der Waals surface area contributed by atoms with Crippen LogP contribution in [0.4, 0.5) is 0 Å². The number of ether oxygens (including phenoxy) is 2. The number of benzene rings is 2. The van der Waals surface area contributed by atoms with Crippen molar-refractivity contribution in [3.63, 3.8) is 0 Å². The van der Waals surface area contributed by atoms with E-state index >= 15 is 0 Å². The molecule has 0 saturated carbocycles. The molecule has 2 aromatic carbocycles. The summed E-state index contributed by atoms with van der Waals surface area (Å²) >= 11 is 0. The molecule has 25 heavy (non-hydrogen) atoms. The summed E-state index contributed by atoms with van der Waals surface area (Å²) < 4.78 is 10.8. The van der Waals surface area contributed by atoms with Crippen LogP contribution in [-0.4, -0.2) is 46.3 Å². The summed E-state index contributed by atoms with van der Waals surface area (Å²) in [6.45, 7) is 4.07. The van der Waals surface area contributed by atoms with E-state index in [9.17, 15) is 0 Å². The van der Waals surface area contributed by atoms with Gasteiger partial charge in [0.15, 0.2) is 11.5 Å². The van der Waals surface area contributed by atoms with Gasteiger partial charge in [0.25, 0.3) is 0 Å². The van der Waals surface area contributed by atoms with Crippen LogP contribution in [0.1, 0.15) is 30.0 Å². The van der Waals surface area contributed by atoms with Gasteiger partial charge in [0.05, 0.1) is 14.2 Å². The number of nitrogens with one attached hydrogen (secondary N) is 1. The van der Waals surface area contributed by atoms with E-state index in [0.717, 1.165) is 24.6 Å². The van der Waals surface area contributed by atoms with Crippen LogP contribution in [0.5, 0.6) is 11.5 Å². The summed E-state index contributed by atoms with van der Waals surface area (Å²) in [6, 6.07) is 17.0. The monoisotopic (exact) mass is 342 g/mol. The van der Waals surface area contributed by atoms with E-state index in [1.165, 1.54) is 11.1 Å². The van der Waals surface area contributed by atoms with Crippen molar-refractivity contribution in [3.8, 4) is 11.5 Å². The Kier molecular flexibility index (Phi) is 7.29. The quantitative estimate of drug-likeness (QED) is 0.753. The number of likely N-dealkylation sites (N-methyl/N-ethyl adjacent to an activating group) is 1. The van der Waals surface area contributed by atoms with Crippen LogP contribution in [0, 0.1) is 0 Å². The molecule has 0 aliphatic rings. The minimum atomic E-state index is 0.266. The number of nitrogens with zero attached hydrogens (tertiary/aromatic N) is 1. The molecule has 4 nitrogen and oxygen atoms in total. The fraction of sp³-hybridized carbons (Fsp3) is 0.429. The van der Waals surface area contributed by atoms with Gasteiger partial charge in [-0.25, -0.2) is 0 Å². The molecule has 0 amide bonds. The predicted octanol–water partition coefficient (Wildman–Crippen LogP) is 3.70. The van der Waals surface area contributed by atoms with Crippen LogP contribution in [0.2, 0.25) is 0 Å². The maximum Gasteiger partial charge on any atom is 0.161 e. The topological polar surface area (TPSA) is 33.7 Å². The van der Waals surface area contributed by atoms with Gasteiger partial charge in [-0.3, -0.25) is 0 Å². The molecule has 0 aliphatic heterocycles. The minimum Gasteiger partial charge on any atom is -0.493 e. The van der Waals surface area contributed by atoms with Crippen molar-refractivity contribution in [3.05, 3.63) is 59.7 Å². The zero-order valence-electron chi connectivity index (χ0n) is 16.0. The maximum absolute atomic E-state index is 5.44. The van der Waals surface area contributed by atoms with Crippen LogP contribution < -0.4 is 14.8 Å². The van der Waals surface area contributed by atoms with Crippen LogP contribution in [0.15, 0.2) is 48.5 Å². The molecule has 2 rings (SSSR count). The lowest BCUT2D eigenvalue weighted by Gasteiger charge is -2.26. The Hall–Kier alpha value is -2.04. The Morgan fingerprint density at radius 2 is 1.56 bits per heavy atom. The lowest BCUT2D eigenvalue weighted by molar-refractivity contribution is 0.285. The Morgan fingerprint density at radius 3 is 2.16 bits per heavy atom. The molecule has 2 atom stereocenters. The van der Waals surface area contributed by atoms with Crippen molar-refractivity contribution >= 4 is 0 Å². The first-order chi connectivity index (χ1) is 12.1. The Balaban J connectivity index is 2.01. The molecule has 136 valence electrons. The normalized spacial score (nSPS) is 13.5. The van der Waals surface area contributed by atoms with Crippen molar-refractivity contribution in [2.24, 2.45) is 0 Å². The molecule has 0 bridgehead atoms. The van der Waals surface area contributed by atoms with Crippen LogP contribution >= 0.6 is 0 Å². The van der Waals surface area contributed by atoms with Gasteiger partial charge in [0.1, 0.15) is 0 Å². The Morgan fingerprint density at radius 1 is 0.880 bits per heavy atom. The van der Waals surface area contributed by atoms with Gasteiger partial charge in [-0.2, -0.15) is 0 Å². The molecule has 0 spiro atoms. The highest BCUT2D eigenvalue weighted by Gasteiger charge is 2.17. The molecule has 2 unspecified atom stereocenters. The second-order valence-electron chi connectivity index (χ2n) is 6.56. The van der Waals surface area contributed by atoms with E-state index in [2.05, 4.69) is 73.7 Å². The second-order valence-corrected chi connectivity index (χ2v) is 6.56. The number of hydrogen-bond acceptors (Lipinski definition) is 4. The fourth-order valence-corrected chi connectivity index (χ4v) is 2.99. The molecule has 2 aromatic rings. The highest BCUT2D eigenvalue weighted by molar-refractivity contribution is 5.43. The van der Waals surface area contributed by atoms with Crippen LogP contribution in [0.25, 0.3) is 0 Å². The first kappa shape index (κ1) is 19.3. The standard InChI is InChI=1S/C21H30N2O2/c1-16(17-9-7-6-8-10-17)14-22-15-19(23(2)3)18-11-12-20(24-4)21(13-18)25-5/h6-13,16,19,22H,14-15H2,1-5H3. The van der Waals surface area contributed by atoms with E-state index < -0.39 is 0 Å². The summed E-state index contributed by atoms with van der Waals surface area (Å²) in [4.78, 5) is 2.22. The Labute approximate surface area is 151 Å². The van der Waals surface area contributed by atoms with Gasteiger partial charge in [-0.15, -0.1) is 0 Å².